The molecule has 0 aliphatic heterocycles. The number of aliphatic imine (C=N–C) groups is 1. The molecule has 0 heterocycles. The summed E-state index contributed by atoms with van der Waals surface area (Å²) in [6, 6.07) is 7.06. The number of nitrogens with zero attached hydrogens (tertiary/aromatic N) is 1. The smallest absolute Gasteiger partial charge is 0.191 e. The van der Waals surface area contributed by atoms with Crippen molar-refractivity contribution in [1.29, 1.82) is 0 Å². The third kappa shape index (κ3) is 5.26. The molecule has 0 radical (unpaired) electrons. The number of halogens is 1. The van der Waals surface area contributed by atoms with Crippen molar-refractivity contribution in [2.75, 3.05) is 7.05 Å². The molecular formula is C19H30IN3O. The van der Waals surface area contributed by atoms with E-state index in [9.17, 15) is 0 Å². The number of benzene rings is 1. The van der Waals surface area contributed by atoms with Gasteiger partial charge in [0, 0.05) is 25.2 Å². The van der Waals surface area contributed by atoms with Crippen LogP contribution in [0.4, 0.5) is 0 Å². The van der Waals surface area contributed by atoms with E-state index in [0.717, 1.165) is 24.2 Å². The van der Waals surface area contributed by atoms with E-state index >= 15 is 0 Å². The lowest BCUT2D eigenvalue weighted by Crippen LogP contribution is -2.38. The van der Waals surface area contributed by atoms with Gasteiger partial charge in [-0.05, 0) is 56.6 Å². The van der Waals surface area contributed by atoms with Crippen molar-refractivity contribution in [2.45, 2.75) is 64.6 Å². The SMILES string of the molecule is CN=C(NCc1ccc(C)cc1OC1CCCC1)NC1CC1C.I. The standard InChI is InChI=1S/C19H29N3O.HI/c1-13-8-9-15(18(10-13)23-16-6-4-5-7-16)12-21-19(20-3)22-17-11-14(17)2;/h8-10,14,16-17H,4-7,11-12H2,1-3H3,(H2,20,21,22);1H. The highest BCUT2D eigenvalue weighted by Crippen LogP contribution is 2.29. The highest BCUT2D eigenvalue weighted by molar-refractivity contribution is 14.0. The van der Waals surface area contributed by atoms with Gasteiger partial charge in [0.2, 0.25) is 0 Å². The fourth-order valence-electron chi connectivity index (χ4n) is 3.18. The van der Waals surface area contributed by atoms with Crippen molar-refractivity contribution in [3.8, 4) is 5.75 Å². The molecule has 5 heteroatoms. The average molecular weight is 443 g/mol. The van der Waals surface area contributed by atoms with Crippen molar-refractivity contribution in [2.24, 2.45) is 10.9 Å². The zero-order chi connectivity index (χ0) is 16.2. The summed E-state index contributed by atoms with van der Waals surface area (Å²) in [6.07, 6.45) is 6.58. The van der Waals surface area contributed by atoms with Gasteiger partial charge in [-0.1, -0.05) is 19.1 Å². The van der Waals surface area contributed by atoms with E-state index in [1.54, 1.807) is 0 Å². The number of hydrogen-bond donors (Lipinski definition) is 2. The van der Waals surface area contributed by atoms with Crippen LogP contribution in [0.1, 0.15) is 50.2 Å². The molecule has 4 nitrogen and oxygen atoms in total. The maximum atomic E-state index is 6.26. The molecule has 134 valence electrons. The molecule has 0 bridgehead atoms. The number of nitrogens with one attached hydrogen (secondary N) is 2. The van der Waals surface area contributed by atoms with Gasteiger partial charge in [0.05, 0.1) is 6.10 Å². The first kappa shape index (κ1) is 19.3. The molecule has 1 aromatic carbocycles. The quantitative estimate of drug-likeness (QED) is 0.411. The van der Waals surface area contributed by atoms with Gasteiger partial charge in [-0.2, -0.15) is 0 Å². The minimum Gasteiger partial charge on any atom is -0.490 e. The Hall–Kier alpha value is -0.980. The number of ether oxygens (including phenoxy) is 1. The van der Waals surface area contributed by atoms with Crippen LogP contribution in [0, 0.1) is 12.8 Å². The van der Waals surface area contributed by atoms with Gasteiger partial charge >= 0.3 is 0 Å². The molecular weight excluding hydrogens is 413 g/mol. The third-order valence-corrected chi connectivity index (χ3v) is 4.92. The summed E-state index contributed by atoms with van der Waals surface area (Å²) >= 11 is 0. The zero-order valence-electron chi connectivity index (χ0n) is 15.0. The molecule has 24 heavy (non-hydrogen) atoms. The van der Waals surface area contributed by atoms with Crippen LogP contribution < -0.4 is 15.4 Å². The first-order valence-corrected chi connectivity index (χ1v) is 8.89. The van der Waals surface area contributed by atoms with E-state index in [1.807, 2.05) is 7.05 Å². The van der Waals surface area contributed by atoms with E-state index in [-0.39, 0.29) is 24.0 Å². The Balaban J connectivity index is 0.00000208. The molecule has 0 spiro atoms. The zero-order valence-corrected chi connectivity index (χ0v) is 17.3. The van der Waals surface area contributed by atoms with Crippen molar-refractivity contribution in [3.05, 3.63) is 29.3 Å². The number of rotatable bonds is 5. The van der Waals surface area contributed by atoms with Crippen molar-refractivity contribution >= 4 is 29.9 Å². The van der Waals surface area contributed by atoms with Crippen LogP contribution >= 0.6 is 24.0 Å². The molecule has 2 atom stereocenters. The lowest BCUT2D eigenvalue weighted by Gasteiger charge is -2.18. The van der Waals surface area contributed by atoms with E-state index < -0.39 is 0 Å². The van der Waals surface area contributed by atoms with E-state index in [4.69, 9.17) is 4.74 Å². The fraction of sp³-hybridized carbons (Fsp3) is 0.632. The molecule has 0 saturated heterocycles. The maximum absolute atomic E-state index is 6.26. The van der Waals surface area contributed by atoms with Crippen LogP contribution in [0.5, 0.6) is 5.75 Å². The molecule has 0 aromatic heterocycles. The Morgan fingerprint density at radius 2 is 2.00 bits per heavy atom. The minimum absolute atomic E-state index is 0. The Kier molecular flexibility index (Phi) is 7.19. The predicted molar refractivity (Wildman–Crippen MR) is 110 cm³/mol. The monoisotopic (exact) mass is 443 g/mol. The second kappa shape index (κ2) is 8.92. The van der Waals surface area contributed by atoms with Crippen LogP contribution in [-0.2, 0) is 6.54 Å². The molecule has 2 unspecified atom stereocenters. The molecule has 2 fully saturated rings. The third-order valence-electron chi connectivity index (χ3n) is 4.92. The largest absolute Gasteiger partial charge is 0.490 e. The summed E-state index contributed by atoms with van der Waals surface area (Å²) in [6.45, 7) is 5.12. The van der Waals surface area contributed by atoms with Crippen LogP contribution in [0.25, 0.3) is 0 Å². The van der Waals surface area contributed by atoms with Gasteiger partial charge in [0.15, 0.2) is 5.96 Å². The molecule has 1 aromatic rings. The van der Waals surface area contributed by atoms with E-state index in [1.165, 1.54) is 43.2 Å². The molecule has 3 rings (SSSR count). The van der Waals surface area contributed by atoms with Gasteiger partial charge < -0.3 is 15.4 Å². The molecule has 2 N–H and O–H groups in total. The van der Waals surface area contributed by atoms with E-state index in [2.05, 4.69) is 47.7 Å². The highest BCUT2D eigenvalue weighted by Gasteiger charge is 2.33. The molecule has 2 aliphatic rings. The Morgan fingerprint density at radius 3 is 2.62 bits per heavy atom. The Bertz CT molecular complexity index is 570. The van der Waals surface area contributed by atoms with Crippen molar-refractivity contribution in [1.82, 2.24) is 10.6 Å². The lowest BCUT2D eigenvalue weighted by atomic mass is 10.1. The second-order valence-electron chi connectivity index (χ2n) is 7.03. The normalized spacial score (nSPS) is 23.5. The van der Waals surface area contributed by atoms with Gasteiger partial charge in [-0.25, -0.2) is 0 Å². The number of guanidine groups is 1. The Morgan fingerprint density at radius 1 is 1.29 bits per heavy atom. The number of hydrogen-bond acceptors (Lipinski definition) is 2. The number of aryl methyl sites for hydroxylation is 1. The van der Waals surface area contributed by atoms with Crippen molar-refractivity contribution < 1.29 is 4.74 Å². The van der Waals surface area contributed by atoms with Gasteiger partial charge in [0.25, 0.3) is 0 Å². The summed E-state index contributed by atoms with van der Waals surface area (Å²) in [5.41, 5.74) is 2.45. The summed E-state index contributed by atoms with van der Waals surface area (Å²) in [4.78, 5) is 4.32. The highest BCUT2D eigenvalue weighted by atomic mass is 127. The molecule has 0 amide bonds. The Labute approximate surface area is 162 Å². The summed E-state index contributed by atoms with van der Waals surface area (Å²) in [5.74, 6) is 2.67. The predicted octanol–water partition coefficient (Wildman–Crippen LogP) is 4.01. The maximum Gasteiger partial charge on any atom is 0.191 e. The summed E-state index contributed by atoms with van der Waals surface area (Å²) < 4.78 is 6.26. The van der Waals surface area contributed by atoms with Gasteiger partial charge in [0.1, 0.15) is 5.75 Å². The first-order valence-electron chi connectivity index (χ1n) is 8.89. The summed E-state index contributed by atoms with van der Waals surface area (Å²) in [5, 5.41) is 6.88. The second-order valence-corrected chi connectivity index (χ2v) is 7.03. The first-order chi connectivity index (χ1) is 11.2. The lowest BCUT2D eigenvalue weighted by molar-refractivity contribution is 0.207. The minimum atomic E-state index is 0. The molecule has 2 aliphatic carbocycles. The van der Waals surface area contributed by atoms with Crippen molar-refractivity contribution in [3.63, 3.8) is 0 Å². The van der Waals surface area contributed by atoms with Crippen LogP contribution in [0.3, 0.4) is 0 Å². The fourth-order valence-corrected chi connectivity index (χ4v) is 3.18. The average Bonchev–Trinajstić information content (AvgIpc) is 2.99. The van der Waals surface area contributed by atoms with Crippen LogP contribution in [0.2, 0.25) is 0 Å². The van der Waals surface area contributed by atoms with E-state index in [0.29, 0.717) is 12.1 Å². The van der Waals surface area contributed by atoms with Crippen LogP contribution in [0.15, 0.2) is 23.2 Å². The summed E-state index contributed by atoms with van der Waals surface area (Å²) in [7, 11) is 1.83. The molecule has 2 saturated carbocycles. The van der Waals surface area contributed by atoms with Crippen LogP contribution in [-0.4, -0.2) is 25.2 Å². The topological polar surface area (TPSA) is 45.7 Å². The van der Waals surface area contributed by atoms with Gasteiger partial charge in [-0.3, -0.25) is 4.99 Å². The van der Waals surface area contributed by atoms with Gasteiger partial charge in [-0.15, -0.1) is 24.0 Å².